The molecule has 1 aromatic rings. The molecule has 0 radical (unpaired) electrons. The van der Waals surface area contributed by atoms with Gasteiger partial charge in [-0.3, -0.25) is 0 Å². The van der Waals surface area contributed by atoms with Crippen molar-refractivity contribution in [3.8, 4) is 17.2 Å². The topological polar surface area (TPSA) is 64.7 Å². The standard InChI is InChI=1S/C14H23NO3/c1-4-5-6-7-11(15)14-12(16)8-10(17-2)9-13(14)18-3/h8-9,11,16H,4-7,15H2,1-3H3/t11-/m0/s1. The molecule has 4 nitrogen and oxygen atoms in total. The number of hydrogen-bond acceptors (Lipinski definition) is 4. The summed E-state index contributed by atoms with van der Waals surface area (Å²) in [6, 6.07) is 3.10. The molecule has 0 aromatic heterocycles. The van der Waals surface area contributed by atoms with Gasteiger partial charge < -0.3 is 20.3 Å². The fourth-order valence-corrected chi connectivity index (χ4v) is 2.01. The van der Waals surface area contributed by atoms with Gasteiger partial charge in [-0.25, -0.2) is 0 Å². The molecule has 0 aliphatic carbocycles. The Bertz CT molecular complexity index is 380. The Kier molecular flexibility index (Phi) is 5.78. The molecule has 0 aliphatic rings. The summed E-state index contributed by atoms with van der Waals surface area (Å²) in [4.78, 5) is 0. The van der Waals surface area contributed by atoms with Crippen LogP contribution in [0.2, 0.25) is 0 Å². The van der Waals surface area contributed by atoms with Gasteiger partial charge in [0.05, 0.1) is 19.8 Å². The Morgan fingerprint density at radius 2 is 1.94 bits per heavy atom. The van der Waals surface area contributed by atoms with E-state index in [1.807, 2.05) is 0 Å². The van der Waals surface area contributed by atoms with Crippen LogP contribution in [0.1, 0.15) is 44.2 Å². The zero-order valence-electron chi connectivity index (χ0n) is 11.4. The molecule has 102 valence electrons. The van der Waals surface area contributed by atoms with Crippen LogP contribution in [0, 0.1) is 0 Å². The van der Waals surface area contributed by atoms with Gasteiger partial charge in [-0.05, 0) is 6.42 Å². The molecular weight excluding hydrogens is 230 g/mol. The van der Waals surface area contributed by atoms with Crippen LogP contribution in [0.25, 0.3) is 0 Å². The SMILES string of the molecule is CCCCC[C@H](N)c1c(O)cc(OC)cc1OC. The molecule has 0 amide bonds. The van der Waals surface area contributed by atoms with Crippen LogP contribution < -0.4 is 15.2 Å². The third kappa shape index (κ3) is 3.53. The van der Waals surface area contributed by atoms with Crippen LogP contribution >= 0.6 is 0 Å². The maximum atomic E-state index is 10.0. The Labute approximate surface area is 109 Å². The van der Waals surface area contributed by atoms with Crippen molar-refractivity contribution in [2.75, 3.05) is 14.2 Å². The number of phenols is 1. The average Bonchev–Trinajstić information content (AvgIpc) is 2.37. The van der Waals surface area contributed by atoms with E-state index in [2.05, 4.69) is 6.92 Å². The molecule has 0 aliphatic heterocycles. The molecule has 0 bridgehead atoms. The van der Waals surface area contributed by atoms with Crippen molar-refractivity contribution < 1.29 is 14.6 Å². The summed E-state index contributed by atoms with van der Waals surface area (Å²) < 4.78 is 10.4. The van der Waals surface area contributed by atoms with Gasteiger partial charge in [0, 0.05) is 18.2 Å². The van der Waals surface area contributed by atoms with Gasteiger partial charge in [-0.2, -0.15) is 0 Å². The maximum Gasteiger partial charge on any atom is 0.131 e. The van der Waals surface area contributed by atoms with Gasteiger partial charge in [0.25, 0.3) is 0 Å². The lowest BCUT2D eigenvalue weighted by Gasteiger charge is -2.18. The fourth-order valence-electron chi connectivity index (χ4n) is 2.01. The second-order valence-electron chi connectivity index (χ2n) is 4.36. The van der Waals surface area contributed by atoms with E-state index in [0.29, 0.717) is 17.1 Å². The largest absolute Gasteiger partial charge is 0.507 e. The van der Waals surface area contributed by atoms with Crippen LogP contribution in [-0.2, 0) is 0 Å². The Balaban J connectivity index is 2.92. The van der Waals surface area contributed by atoms with Crippen molar-refractivity contribution in [2.45, 2.75) is 38.6 Å². The minimum Gasteiger partial charge on any atom is -0.507 e. The fraction of sp³-hybridized carbons (Fsp3) is 0.571. The van der Waals surface area contributed by atoms with Crippen molar-refractivity contribution in [1.82, 2.24) is 0 Å². The molecule has 0 saturated carbocycles. The van der Waals surface area contributed by atoms with Crippen molar-refractivity contribution in [3.05, 3.63) is 17.7 Å². The summed E-state index contributed by atoms with van der Waals surface area (Å²) in [7, 11) is 3.12. The summed E-state index contributed by atoms with van der Waals surface area (Å²) >= 11 is 0. The molecule has 18 heavy (non-hydrogen) atoms. The van der Waals surface area contributed by atoms with Gasteiger partial charge in [-0.1, -0.05) is 26.2 Å². The van der Waals surface area contributed by atoms with Crippen molar-refractivity contribution >= 4 is 0 Å². The Hall–Kier alpha value is -1.42. The molecule has 0 heterocycles. The lowest BCUT2D eigenvalue weighted by atomic mass is 9.99. The predicted octanol–water partition coefficient (Wildman–Crippen LogP) is 2.99. The third-order valence-corrected chi connectivity index (χ3v) is 3.04. The average molecular weight is 253 g/mol. The first-order valence-corrected chi connectivity index (χ1v) is 6.34. The van der Waals surface area contributed by atoms with E-state index < -0.39 is 0 Å². The van der Waals surface area contributed by atoms with Crippen molar-refractivity contribution in [1.29, 1.82) is 0 Å². The zero-order chi connectivity index (χ0) is 13.5. The van der Waals surface area contributed by atoms with Gasteiger partial charge in [-0.15, -0.1) is 0 Å². The van der Waals surface area contributed by atoms with E-state index in [4.69, 9.17) is 15.2 Å². The van der Waals surface area contributed by atoms with E-state index in [-0.39, 0.29) is 11.8 Å². The number of ether oxygens (including phenoxy) is 2. The van der Waals surface area contributed by atoms with Crippen LogP contribution in [0.3, 0.4) is 0 Å². The molecular formula is C14H23NO3. The molecule has 0 fully saturated rings. The van der Waals surface area contributed by atoms with Gasteiger partial charge >= 0.3 is 0 Å². The van der Waals surface area contributed by atoms with Crippen LogP contribution in [-0.4, -0.2) is 19.3 Å². The third-order valence-electron chi connectivity index (χ3n) is 3.04. The lowest BCUT2D eigenvalue weighted by molar-refractivity contribution is 0.372. The first-order chi connectivity index (χ1) is 8.63. The molecule has 1 atom stereocenters. The van der Waals surface area contributed by atoms with Crippen molar-refractivity contribution in [3.63, 3.8) is 0 Å². The molecule has 0 unspecified atom stereocenters. The number of phenolic OH excluding ortho intramolecular Hbond substituents is 1. The second kappa shape index (κ2) is 7.11. The van der Waals surface area contributed by atoms with Crippen LogP contribution in [0.4, 0.5) is 0 Å². The highest BCUT2D eigenvalue weighted by atomic mass is 16.5. The highest BCUT2D eigenvalue weighted by molar-refractivity contribution is 5.51. The first-order valence-electron chi connectivity index (χ1n) is 6.34. The molecule has 4 heteroatoms. The lowest BCUT2D eigenvalue weighted by Crippen LogP contribution is -2.12. The van der Waals surface area contributed by atoms with Gasteiger partial charge in [0.15, 0.2) is 0 Å². The molecule has 1 rings (SSSR count). The minimum absolute atomic E-state index is 0.134. The second-order valence-corrected chi connectivity index (χ2v) is 4.36. The number of unbranched alkanes of at least 4 members (excludes halogenated alkanes) is 2. The van der Waals surface area contributed by atoms with E-state index in [0.717, 1.165) is 25.7 Å². The van der Waals surface area contributed by atoms with E-state index >= 15 is 0 Å². The number of benzene rings is 1. The number of methoxy groups -OCH3 is 2. The zero-order valence-corrected chi connectivity index (χ0v) is 11.4. The van der Waals surface area contributed by atoms with Gasteiger partial charge in [0.2, 0.25) is 0 Å². The number of rotatable bonds is 7. The van der Waals surface area contributed by atoms with Crippen LogP contribution in [0.15, 0.2) is 12.1 Å². The Morgan fingerprint density at radius 3 is 2.50 bits per heavy atom. The monoisotopic (exact) mass is 253 g/mol. The van der Waals surface area contributed by atoms with E-state index in [1.54, 1.807) is 26.4 Å². The van der Waals surface area contributed by atoms with Crippen molar-refractivity contribution in [2.24, 2.45) is 5.73 Å². The minimum atomic E-state index is -0.211. The maximum absolute atomic E-state index is 10.0. The number of aromatic hydroxyl groups is 1. The molecule has 0 spiro atoms. The summed E-state index contributed by atoms with van der Waals surface area (Å²) in [5, 5.41) is 10.0. The highest BCUT2D eigenvalue weighted by Gasteiger charge is 2.18. The van der Waals surface area contributed by atoms with Crippen LogP contribution in [0.5, 0.6) is 17.2 Å². The van der Waals surface area contributed by atoms with E-state index in [1.165, 1.54) is 0 Å². The molecule has 0 saturated heterocycles. The van der Waals surface area contributed by atoms with E-state index in [9.17, 15) is 5.11 Å². The first kappa shape index (κ1) is 14.6. The molecule has 3 N–H and O–H groups in total. The quantitative estimate of drug-likeness (QED) is 0.733. The molecule has 1 aromatic carbocycles. The smallest absolute Gasteiger partial charge is 0.131 e. The summed E-state index contributed by atoms with van der Waals surface area (Å²) in [6.45, 7) is 2.15. The summed E-state index contributed by atoms with van der Waals surface area (Å²) in [6.07, 6.45) is 4.18. The summed E-state index contributed by atoms with van der Waals surface area (Å²) in [5.74, 6) is 1.28. The highest BCUT2D eigenvalue weighted by Crippen LogP contribution is 2.38. The normalized spacial score (nSPS) is 12.2. The number of hydrogen-bond donors (Lipinski definition) is 2. The summed E-state index contributed by atoms with van der Waals surface area (Å²) in [5.41, 5.74) is 6.79. The van der Waals surface area contributed by atoms with Gasteiger partial charge in [0.1, 0.15) is 17.2 Å². The predicted molar refractivity (Wildman–Crippen MR) is 72.3 cm³/mol. The number of nitrogens with two attached hydrogens (primary N) is 1. The Morgan fingerprint density at radius 1 is 1.22 bits per heavy atom.